The van der Waals surface area contributed by atoms with E-state index in [0.717, 1.165) is 24.6 Å². The van der Waals surface area contributed by atoms with E-state index >= 15 is 0 Å². The molecule has 1 aromatic rings. The first-order valence-electron chi connectivity index (χ1n) is 5.24. The van der Waals surface area contributed by atoms with Gasteiger partial charge in [0.2, 0.25) is 5.95 Å². The zero-order chi connectivity index (χ0) is 10.7. The normalized spacial score (nSPS) is 18.1. The Morgan fingerprint density at radius 3 is 2.47 bits per heavy atom. The molecule has 2 rings (SSSR count). The molecular weight excluding hydrogens is 192 g/mol. The van der Waals surface area contributed by atoms with Crippen molar-refractivity contribution in [1.82, 2.24) is 9.97 Å². The fourth-order valence-electron chi connectivity index (χ4n) is 1.71. The van der Waals surface area contributed by atoms with Gasteiger partial charge in [-0.2, -0.15) is 0 Å². The van der Waals surface area contributed by atoms with E-state index < -0.39 is 0 Å². The Morgan fingerprint density at radius 1 is 1.33 bits per heavy atom. The van der Waals surface area contributed by atoms with E-state index in [4.69, 9.17) is 10.8 Å². The molecule has 1 aliphatic rings. The number of rotatable bonds is 3. The van der Waals surface area contributed by atoms with Gasteiger partial charge in [-0.3, -0.25) is 0 Å². The standard InChI is InChI=1S/C10H16N4O/c11-9(7-15)8-5-12-10(13-6-8)14-3-1-2-4-14/h5-6,9,15H,1-4,7,11H2. The average Bonchev–Trinajstić information content (AvgIpc) is 2.82. The first-order chi connectivity index (χ1) is 7.31. The van der Waals surface area contributed by atoms with E-state index in [-0.39, 0.29) is 12.6 Å². The molecule has 1 saturated heterocycles. The number of aromatic nitrogens is 2. The molecule has 5 heteroatoms. The van der Waals surface area contributed by atoms with E-state index in [1.165, 1.54) is 12.8 Å². The molecule has 0 bridgehead atoms. The van der Waals surface area contributed by atoms with Gasteiger partial charge in [-0.1, -0.05) is 0 Å². The minimum Gasteiger partial charge on any atom is -0.394 e. The van der Waals surface area contributed by atoms with Crippen LogP contribution in [0.2, 0.25) is 0 Å². The Bertz CT molecular complexity index is 308. The molecule has 15 heavy (non-hydrogen) atoms. The summed E-state index contributed by atoms with van der Waals surface area (Å²) >= 11 is 0. The molecular formula is C10H16N4O. The largest absolute Gasteiger partial charge is 0.394 e. The molecule has 3 N–H and O–H groups in total. The number of anilines is 1. The smallest absolute Gasteiger partial charge is 0.225 e. The predicted molar refractivity (Wildman–Crippen MR) is 57.5 cm³/mol. The quantitative estimate of drug-likeness (QED) is 0.735. The van der Waals surface area contributed by atoms with Gasteiger partial charge >= 0.3 is 0 Å². The third-order valence-corrected chi connectivity index (χ3v) is 2.67. The molecule has 1 fully saturated rings. The Labute approximate surface area is 88.9 Å². The van der Waals surface area contributed by atoms with Crippen molar-refractivity contribution in [3.05, 3.63) is 18.0 Å². The minimum atomic E-state index is -0.377. The highest BCUT2D eigenvalue weighted by atomic mass is 16.3. The molecule has 1 aliphatic heterocycles. The zero-order valence-corrected chi connectivity index (χ0v) is 8.63. The maximum Gasteiger partial charge on any atom is 0.225 e. The summed E-state index contributed by atoms with van der Waals surface area (Å²) in [5, 5.41) is 8.88. The molecule has 0 aliphatic carbocycles. The first-order valence-corrected chi connectivity index (χ1v) is 5.24. The maximum atomic E-state index is 8.88. The number of aliphatic hydroxyl groups is 1. The number of nitrogens with two attached hydrogens (primary N) is 1. The van der Waals surface area contributed by atoms with Crippen LogP contribution in [0.1, 0.15) is 24.4 Å². The van der Waals surface area contributed by atoms with Crippen molar-refractivity contribution in [2.24, 2.45) is 5.73 Å². The highest BCUT2D eigenvalue weighted by molar-refractivity contribution is 5.31. The van der Waals surface area contributed by atoms with Gasteiger partial charge in [-0.25, -0.2) is 9.97 Å². The van der Waals surface area contributed by atoms with Crippen molar-refractivity contribution in [3.63, 3.8) is 0 Å². The third kappa shape index (κ3) is 2.24. The molecule has 0 amide bonds. The zero-order valence-electron chi connectivity index (χ0n) is 8.63. The highest BCUT2D eigenvalue weighted by Gasteiger charge is 2.15. The summed E-state index contributed by atoms with van der Waals surface area (Å²) in [6.45, 7) is 1.99. The first kappa shape index (κ1) is 10.3. The lowest BCUT2D eigenvalue weighted by Crippen LogP contribution is -2.21. The number of hydrogen-bond acceptors (Lipinski definition) is 5. The number of hydrogen-bond donors (Lipinski definition) is 2. The van der Waals surface area contributed by atoms with Crippen LogP contribution >= 0.6 is 0 Å². The van der Waals surface area contributed by atoms with Gasteiger partial charge in [-0.15, -0.1) is 0 Å². The summed E-state index contributed by atoms with van der Waals surface area (Å²) in [6, 6.07) is -0.377. The van der Waals surface area contributed by atoms with E-state index in [0.29, 0.717) is 0 Å². The van der Waals surface area contributed by atoms with Gasteiger partial charge in [0.1, 0.15) is 0 Å². The highest BCUT2D eigenvalue weighted by Crippen LogP contribution is 2.16. The number of aliphatic hydroxyl groups excluding tert-OH is 1. The molecule has 1 atom stereocenters. The van der Waals surface area contributed by atoms with Gasteiger partial charge in [0.05, 0.1) is 12.6 Å². The summed E-state index contributed by atoms with van der Waals surface area (Å²) in [7, 11) is 0. The van der Waals surface area contributed by atoms with Crippen LogP contribution in [0.5, 0.6) is 0 Å². The molecule has 1 unspecified atom stereocenters. The van der Waals surface area contributed by atoms with Crippen LogP contribution in [-0.2, 0) is 0 Å². The Morgan fingerprint density at radius 2 is 1.93 bits per heavy atom. The van der Waals surface area contributed by atoms with Crippen molar-refractivity contribution >= 4 is 5.95 Å². The summed E-state index contributed by atoms with van der Waals surface area (Å²) in [5.74, 6) is 0.765. The fourth-order valence-corrected chi connectivity index (χ4v) is 1.71. The Balaban J connectivity index is 2.09. The van der Waals surface area contributed by atoms with Crippen LogP contribution in [0.15, 0.2) is 12.4 Å². The van der Waals surface area contributed by atoms with Crippen molar-refractivity contribution in [2.45, 2.75) is 18.9 Å². The topological polar surface area (TPSA) is 75.3 Å². The monoisotopic (exact) mass is 208 g/mol. The lowest BCUT2D eigenvalue weighted by atomic mass is 10.2. The second kappa shape index (κ2) is 4.55. The van der Waals surface area contributed by atoms with Gasteiger partial charge in [0.15, 0.2) is 0 Å². The van der Waals surface area contributed by atoms with Gasteiger partial charge in [0.25, 0.3) is 0 Å². The van der Waals surface area contributed by atoms with Gasteiger partial charge in [0, 0.05) is 31.0 Å². The fraction of sp³-hybridized carbons (Fsp3) is 0.600. The molecule has 1 aromatic heterocycles. The second-order valence-corrected chi connectivity index (χ2v) is 3.80. The third-order valence-electron chi connectivity index (χ3n) is 2.67. The van der Waals surface area contributed by atoms with E-state index in [2.05, 4.69) is 14.9 Å². The van der Waals surface area contributed by atoms with Crippen LogP contribution < -0.4 is 10.6 Å². The average molecular weight is 208 g/mol. The van der Waals surface area contributed by atoms with Crippen molar-refractivity contribution < 1.29 is 5.11 Å². The van der Waals surface area contributed by atoms with E-state index in [9.17, 15) is 0 Å². The summed E-state index contributed by atoms with van der Waals surface area (Å²) < 4.78 is 0. The Kier molecular flexibility index (Phi) is 3.13. The number of nitrogens with zero attached hydrogens (tertiary/aromatic N) is 3. The maximum absolute atomic E-state index is 8.88. The van der Waals surface area contributed by atoms with Crippen LogP contribution in [0.3, 0.4) is 0 Å². The summed E-state index contributed by atoms with van der Waals surface area (Å²) in [5.41, 5.74) is 6.43. The van der Waals surface area contributed by atoms with Crippen molar-refractivity contribution in [1.29, 1.82) is 0 Å². The van der Waals surface area contributed by atoms with Crippen molar-refractivity contribution in [3.8, 4) is 0 Å². The molecule has 0 aromatic carbocycles. The SMILES string of the molecule is NC(CO)c1cnc(N2CCCC2)nc1. The van der Waals surface area contributed by atoms with E-state index in [1.54, 1.807) is 12.4 Å². The molecule has 0 saturated carbocycles. The lowest BCUT2D eigenvalue weighted by Gasteiger charge is -2.15. The van der Waals surface area contributed by atoms with Crippen molar-refractivity contribution in [2.75, 3.05) is 24.6 Å². The van der Waals surface area contributed by atoms with Crippen LogP contribution in [0.4, 0.5) is 5.95 Å². The van der Waals surface area contributed by atoms with Crippen LogP contribution in [-0.4, -0.2) is 34.8 Å². The molecule has 5 nitrogen and oxygen atoms in total. The summed E-state index contributed by atoms with van der Waals surface area (Å²) in [6.07, 6.45) is 5.81. The second-order valence-electron chi connectivity index (χ2n) is 3.80. The van der Waals surface area contributed by atoms with Crippen LogP contribution in [0, 0.1) is 0 Å². The van der Waals surface area contributed by atoms with Crippen LogP contribution in [0.25, 0.3) is 0 Å². The minimum absolute atomic E-state index is 0.0770. The molecule has 82 valence electrons. The van der Waals surface area contributed by atoms with E-state index in [1.807, 2.05) is 0 Å². The lowest BCUT2D eigenvalue weighted by molar-refractivity contribution is 0.267. The molecule has 0 spiro atoms. The Hall–Kier alpha value is -1.20. The molecule has 2 heterocycles. The summed E-state index contributed by atoms with van der Waals surface area (Å²) in [4.78, 5) is 10.7. The predicted octanol–water partition coefficient (Wildman–Crippen LogP) is 0.0689. The molecule has 0 radical (unpaired) electrons. The van der Waals surface area contributed by atoms with Gasteiger partial charge < -0.3 is 15.7 Å². The van der Waals surface area contributed by atoms with Gasteiger partial charge in [-0.05, 0) is 12.8 Å².